The molecule has 0 unspecified atom stereocenters. The molecule has 0 saturated carbocycles. The normalized spacial score (nSPS) is 11.3. The van der Waals surface area contributed by atoms with Gasteiger partial charge < -0.3 is 10.5 Å². The lowest BCUT2D eigenvalue weighted by atomic mass is 10.3. The van der Waals surface area contributed by atoms with Gasteiger partial charge in [0.2, 0.25) is 10.0 Å². The minimum Gasteiger partial charge on any atom is -0.463 e. The van der Waals surface area contributed by atoms with E-state index in [2.05, 4.69) is 19.5 Å². The Balaban J connectivity index is 2.41. The third-order valence-corrected chi connectivity index (χ3v) is 4.16. The second-order valence-corrected chi connectivity index (χ2v) is 5.79. The average Bonchev–Trinajstić information content (AvgIpc) is 2.95. The van der Waals surface area contributed by atoms with Crippen molar-refractivity contribution in [2.45, 2.75) is 4.90 Å². The maximum atomic E-state index is 11.7. The van der Waals surface area contributed by atoms with Gasteiger partial charge in [-0.25, -0.2) is 27.6 Å². The number of hydrogen-bond acceptors (Lipinski definition) is 7. The van der Waals surface area contributed by atoms with Crippen LogP contribution in [0.2, 0.25) is 0 Å². The van der Waals surface area contributed by atoms with E-state index in [1.54, 1.807) is 0 Å². The smallest absolute Gasteiger partial charge is 0.377 e. The summed E-state index contributed by atoms with van der Waals surface area (Å²) in [5.41, 5.74) is 6.26. The molecule has 0 atom stereocenters. The van der Waals surface area contributed by atoms with Crippen molar-refractivity contribution in [2.24, 2.45) is 0 Å². The lowest BCUT2D eigenvalue weighted by Crippen LogP contribution is -2.20. The van der Waals surface area contributed by atoms with E-state index >= 15 is 0 Å². The number of hydrogen-bond donors (Lipinski definition) is 2. The zero-order chi connectivity index (χ0) is 15.6. The molecule has 0 fully saturated rings. The molecule has 1 aromatic heterocycles. The number of nitrogens with one attached hydrogen (secondary N) is 1. The number of aromatic nitrogens is 3. The third kappa shape index (κ3) is 2.85. The molecule has 3 N–H and O–H groups in total. The van der Waals surface area contributed by atoms with Crippen molar-refractivity contribution in [3.05, 3.63) is 30.4 Å². The van der Waals surface area contributed by atoms with Crippen molar-refractivity contribution >= 4 is 21.7 Å². The number of benzene rings is 1. The molecular weight excluding hydrogens is 298 g/mol. The van der Waals surface area contributed by atoms with E-state index in [1.807, 2.05) is 0 Å². The fourth-order valence-electron chi connectivity index (χ4n) is 1.61. The summed E-state index contributed by atoms with van der Waals surface area (Å²) >= 11 is 0. The number of ether oxygens (including phenoxy) is 1. The second-order valence-electron chi connectivity index (χ2n) is 3.93. The molecule has 21 heavy (non-hydrogen) atoms. The van der Waals surface area contributed by atoms with Crippen LogP contribution in [0.3, 0.4) is 0 Å². The summed E-state index contributed by atoms with van der Waals surface area (Å²) in [5.74, 6) is -0.779. The van der Waals surface area contributed by atoms with E-state index in [0.717, 1.165) is 0 Å². The first-order valence-electron chi connectivity index (χ1n) is 5.72. The van der Waals surface area contributed by atoms with Gasteiger partial charge in [0.05, 0.1) is 18.5 Å². The number of carbonyl (C=O) groups is 1. The van der Waals surface area contributed by atoms with Gasteiger partial charge in [-0.2, -0.15) is 0 Å². The standard InChI is InChI=1S/C11H13N5O4S/c1-13-21(18,19)9-4-3-7(5-8(9)12)16-6-14-10(15-16)11(17)20-2/h3-6,13H,12H2,1-2H3. The molecule has 10 heteroatoms. The van der Waals surface area contributed by atoms with Crippen molar-refractivity contribution in [2.75, 3.05) is 19.9 Å². The van der Waals surface area contributed by atoms with E-state index in [0.29, 0.717) is 5.69 Å². The minimum absolute atomic E-state index is 0.0398. The number of esters is 1. The van der Waals surface area contributed by atoms with Crippen LogP contribution in [0.5, 0.6) is 0 Å². The number of anilines is 1. The molecule has 0 saturated heterocycles. The Morgan fingerprint density at radius 1 is 1.43 bits per heavy atom. The zero-order valence-corrected chi connectivity index (χ0v) is 12.1. The summed E-state index contributed by atoms with van der Waals surface area (Å²) in [7, 11) is -1.12. The first kappa shape index (κ1) is 14.9. The lowest BCUT2D eigenvalue weighted by molar-refractivity contribution is 0.0587. The SMILES string of the molecule is CNS(=O)(=O)c1ccc(-n2cnc(C(=O)OC)n2)cc1N. The highest BCUT2D eigenvalue weighted by Gasteiger charge is 2.17. The predicted molar refractivity (Wildman–Crippen MR) is 73.4 cm³/mol. The highest BCUT2D eigenvalue weighted by Crippen LogP contribution is 2.21. The number of nitrogen functional groups attached to an aromatic ring is 1. The molecule has 0 aliphatic heterocycles. The topological polar surface area (TPSA) is 129 Å². The number of methoxy groups -OCH3 is 1. The molecule has 112 valence electrons. The van der Waals surface area contributed by atoms with Gasteiger partial charge in [0.25, 0.3) is 5.82 Å². The summed E-state index contributed by atoms with van der Waals surface area (Å²) in [6.07, 6.45) is 1.30. The van der Waals surface area contributed by atoms with E-state index in [-0.39, 0.29) is 16.4 Å². The van der Waals surface area contributed by atoms with E-state index < -0.39 is 16.0 Å². The van der Waals surface area contributed by atoms with Crippen molar-refractivity contribution in [3.63, 3.8) is 0 Å². The molecule has 2 rings (SSSR count). The molecule has 0 aliphatic carbocycles. The molecule has 0 spiro atoms. The van der Waals surface area contributed by atoms with Crippen LogP contribution in [0.4, 0.5) is 5.69 Å². The third-order valence-electron chi connectivity index (χ3n) is 2.68. The van der Waals surface area contributed by atoms with Crippen LogP contribution in [0.1, 0.15) is 10.6 Å². The summed E-state index contributed by atoms with van der Waals surface area (Å²) < 4.78 is 31.4. The number of carbonyl (C=O) groups excluding carboxylic acids is 1. The Kier molecular flexibility index (Phi) is 3.91. The maximum Gasteiger partial charge on any atom is 0.377 e. The van der Waals surface area contributed by atoms with Gasteiger partial charge in [-0.1, -0.05) is 0 Å². The number of nitrogens with two attached hydrogens (primary N) is 1. The molecule has 0 radical (unpaired) electrons. The molecule has 0 aliphatic rings. The zero-order valence-electron chi connectivity index (χ0n) is 11.3. The number of sulfonamides is 1. The highest BCUT2D eigenvalue weighted by molar-refractivity contribution is 7.89. The molecule has 0 bridgehead atoms. The molecule has 0 amide bonds. The van der Waals surface area contributed by atoms with Gasteiger partial charge in [0, 0.05) is 0 Å². The lowest BCUT2D eigenvalue weighted by Gasteiger charge is -2.08. The summed E-state index contributed by atoms with van der Waals surface area (Å²) in [5, 5.41) is 3.91. The van der Waals surface area contributed by atoms with Crippen LogP contribution >= 0.6 is 0 Å². The van der Waals surface area contributed by atoms with Gasteiger partial charge >= 0.3 is 5.97 Å². The van der Waals surface area contributed by atoms with Crippen LogP contribution in [0.15, 0.2) is 29.4 Å². The minimum atomic E-state index is -3.63. The summed E-state index contributed by atoms with van der Waals surface area (Å²) in [4.78, 5) is 15.0. The summed E-state index contributed by atoms with van der Waals surface area (Å²) in [6, 6.07) is 4.26. The van der Waals surface area contributed by atoms with Gasteiger partial charge in [-0.05, 0) is 25.2 Å². The largest absolute Gasteiger partial charge is 0.463 e. The Morgan fingerprint density at radius 3 is 2.71 bits per heavy atom. The van der Waals surface area contributed by atoms with Gasteiger partial charge in [-0.3, -0.25) is 0 Å². The van der Waals surface area contributed by atoms with E-state index in [1.165, 1.54) is 43.4 Å². The Morgan fingerprint density at radius 2 is 2.14 bits per heavy atom. The van der Waals surface area contributed by atoms with Crippen LogP contribution < -0.4 is 10.5 Å². The van der Waals surface area contributed by atoms with Crippen molar-refractivity contribution in [1.29, 1.82) is 0 Å². The Bertz CT molecular complexity index is 784. The van der Waals surface area contributed by atoms with Crippen LogP contribution in [-0.2, 0) is 14.8 Å². The number of nitrogens with zero attached hydrogens (tertiary/aromatic N) is 3. The van der Waals surface area contributed by atoms with E-state index in [4.69, 9.17) is 5.73 Å². The fourth-order valence-corrected chi connectivity index (χ4v) is 2.44. The molecule has 1 aromatic carbocycles. The van der Waals surface area contributed by atoms with Crippen LogP contribution in [0.25, 0.3) is 5.69 Å². The maximum absolute atomic E-state index is 11.7. The fraction of sp³-hybridized carbons (Fsp3) is 0.182. The van der Waals surface area contributed by atoms with E-state index in [9.17, 15) is 13.2 Å². The van der Waals surface area contributed by atoms with Gasteiger partial charge in [-0.15, -0.1) is 5.10 Å². The molecule has 2 aromatic rings. The monoisotopic (exact) mass is 311 g/mol. The second kappa shape index (κ2) is 5.50. The van der Waals surface area contributed by atoms with Crippen molar-refractivity contribution < 1.29 is 17.9 Å². The van der Waals surface area contributed by atoms with Crippen molar-refractivity contribution in [1.82, 2.24) is 19.5 Å². The average molecular weight is 311 g/mol. The number of rotatable bonds is 4. The van der Waals surface area contributed by atoms with Crippen LogP contribution in [-0.4, -0.2) is 43.3 Å². The van der Waals surface area contributed by atoms with Gasteiger partial charge in [0.15, 0.2) is 0 Å². The molecule has 9 nitrogen and oxygen atoms in total. The molecule has 1 heterocycles. The quantitative estimate of drug-likeness (QED) is 0.577. The van der Waals surface area contributed by atoms with Crippen molar-refractivity contribution in [3.8, 4) is 5.69 Å². The predicted octanol–water partition coefficient (Wildman–Crippen LogP) is -0.456. The Labute approximate surface area is 120 Å². The Hall–Kier alpha value is -2.46. The van der Waals surface area contributed by atoms with Gasteiger partial charge in [0.1, 0.15) is 11.2 Å². The highest BCUT2D eigenvalue weighted by atomic mass is 32.2. The first-order valence-corrected chi connectivity index (χ1v) is 7.21. The summed E-state index contributed by atoms with van der Waals surface area (Å²) in [6.45, 7) is 0. The molecular formula is C11H13N5O4S. The first-order chi connectivity index (χ1) is 9.89. The van der Waals surface area contributed by atoms with Crippen LogP contribution in [0, 0.1) is 0 Å².